The molecule has 0 bridgehead atoms. The van der Waals surface area contributed by atoms with Gasteiger partial charge in [0.05, 0.1) is 9.96 Å². The summed E-state index contributed by atoms with van der Waals surface area (Å²) >= 11 is 6.28. The fourth-order valence-electron chi connectivity index (χ4n) is 0.947. The highest BCUT2D eigenvalue weighted by Gasteiger charge is 2.38. The third-order valence-corrected chi connectivity index (χ3v) is 3.54. The molecule has 0 amide bonds. The Morgan fingerprint density at radius 1 is 1.44 bits per heavy atom. The van der Waals surface area contributed by atoms with E-state index in [4.69, 9.17) is 0 Å². The monoisotopic (exact) mass is 163 g/mol. The Bertz CT molecular complexity index is 93.1. The van der Waals surface area contributed by atoms with Gasteiger partial charge in [0.1, 0.15) is 0 Å². The van der Waals surface area contributed by atoms with Gasteiger partial charge in [-0.05, 0) is 13.1 Å². The molecule has 0 aromatic rings. The van der Waals surface area contributed by atoms with Gasteiger partial charge < -0.3 is 0 Å². The highest BCUT2D eigenvalue weighted by atomic mass is 32.2. The maximum atomic E-state index is 4.34. The van der Waals surface area contributed by atoms with E-state index in [-0.39, 0.29) is 0 Å². The molecule has 2 unspecified atom stereocenters. The third-order valence-electron chi connectivity index (χ3n) is 1.62. The van der Waals surface area contributed by atoms with Crippen LogP contribution in [0.25, 0.3) is 0 Å². The lowest BCUT2D eigenvalue weighted by Gasteiger charge is -2.15. The molecule has 0 N–H and O–H groups in total. The number of thioether (sulfide) groups is 1. The van der Waals surface area contributed by atoms with Crippen LogP contribution in [0.2, 0.25) is 0 Å². The van der Waals surface area contributed by atoms with Crippen LogP contribution in [0, 0.1) is 0 Å². The van der Waals surface area contributed by atoms with Gasteiger partial charge in [0.2, 0.25) is 0 Å². The molecule has 9 heavy (non-hydrogen) atoms. The third kappa shape index (κ3) is 1.79. The van der Waals surface area contributed by atoms with E-state index in [1.165, 1.54) is 0 Å². The number of hydrogen-bond acceptors (Lipinski definition) is 3. The topological polar surface area (TPSA) is 3.24 Å². The molecule has 1 aliphatic heterocycles. The molecule has 1 saturated heterocycles. The number of rotatable bonds is 3. The second kappa shape index (κ2) is 3.17. The summed E-state index contributed by atoms with van der Waals surface area (Å²) in [7, 11) is 0. The summed E-state index contributed by atoms with van der Waals surface area (Å²) in [5, 5.41) is 0.711. The molecule has 0 saturated carbocycles. The van der Waals surface area contributed by atoms with E-state index in [1.54, 1.807) is 0 Å². The Hall–Kier alpha value is 0.660. The second-order valence-corrected chi connectivity index (χ2v) is 4.31. The quantitative estimate of drug-likeness (QED) is 0.498. The molecule has 2 atom stereocenters. The van der Waals surface area contributed by atoms with Crippen LogP contribution in [0.5, 0.6) is 0 Å². The first-order valence-electron chi connectivity index (χ1n) is 3.37. The van der Waals surface area contributed by atoms with Crippen molar-refractivity contribution in [3.63, 3.8) is 0 Å². The minimum atomic E-state index is 0.588. The molecule has 3 heteroatoms. The van der Waals surface area contributed by atoms with E-state index >= 15 is 0 Å². The highest BCUT2D eigenvalue weighted by molar-refractivity contribution is 8.18. The van der Waals surface area contributed by atoms with E-state index in [0.717, 1.165) is 13.1 Å². The standard InChI is InChI=1S/C6H13NS2/c1-3-7(4-2)5-6(8)9-5/h5-6,8H,3-4H2,1-2H3. The van der Waals surface area contributed by atoms with Crippen molar-refractivity contribution >= 4 is 24.4 Å². The van der Waals surface area contributed by atoms with Crippen LogP contribution in [0.15, 0.2) is 0 Å². The van der Waals surface area contributed by atoms with Gasteiger partial charge in [-0.25, -0.2) is 0 Å². The average molecular weight is 163 g/mol. The molecule has 1 nitrogen and oxygen atoms in total. The van der Waals surface area contributed by atoms with Crippen molar-refractivity contribution in [1.29, 1.82) is 0 Å². The van der Waals surface area contributed by atoms with Crippen molar-refractivity contribution in [3.05, 3.63) is 0 Å². The van der Waals surface area contributed by atoms with Crippen LogP contribution in [0.3, 0.4) is 0 Å². The maximum Gasteiger partial charge on any atom is 0.0780 e. The summed E-state index contributed by atoms with van der Waals surface area (Å²) in [5.41, 5.74) is 0. The smallest absolute Gasteiger partial charge is 0.0780 e. The zero-order valence-electron chi connectivity index (χ0n) is 5.87. The summed E-state index contributed by atoms with van der Waals surface area (Å²) in [6.07, 6.45) is 0. The summed E-state index contributed by atoms with van der Waals surface area (Å²) in [4.78, 5) is 2.43. The summed E-state index contributed by atoms with van der Waals surface area (Å²) < 4.78 is 0.588. The molecule has 1 rings (SSSR count). The highest BCUT2D eigenvalue weighted by Crippen LogP contribution is 2.45. The minimum absolute atomic E-state index is 0.588. The summed E-state index contributed by atoms with van der Waals surface area (Å²) in [6.45, 7) is 6.71. The Balaban J connectivity index is 2.23. The maximum absolute atomic E-state index is 4.34. The van der Waals surface area contributed by atoms with E-state index < -0.39 is 0 Å². The normalized spacial score (nSPS) is 33.3. The summed E-state index contributed by atoms with van der Waals surface area (Å²) in [6, 6.07) is 0. The largest absolute Gasteiger partial charge is 0.290 e. The van der Waals surface area contributed by atoms with Crippen molar-refractivity contribution in [2.24, 2.45) is 0 Å². The van der Waals surface area contributed by atoms with Crippen LogP contribution in [0.4, 0.5) is 0 Å². The first-order chi connectivity index (χ1) is 4.29. The molecular formula is C6H13NS2. The molecule has 0 aromatic heterocycles. The van der Waals surface area contributed by atoms with E-state index in [0.29, 0.717) is 9.96 Å². The van der Waals surface area contributed by atoms with Gasteiger partial charge >= 0.3 is 0 Å². The zero-order valence-corrected chi connectivity index (χ0v) is 7.58. The molecule has 1 heterocycles. The Labute approximate surface area is 66.6 Å². The minimum Gasteiger partial charge on any atom is -0.290 e. The fourth-order valence-corrected chi connectivity index (χ4v) is 2.35. The first kappa shape index (κ1) is 7.76. The number of nitrogens with zero attached hydrogens (tertiary/aromatic N) is 1. The zero-order chi connectivity index (χ0) is 6.85. The second-order valence-electron chi connectivity index (χ2n) is 2.14. The summed E-state index contributed by atoms with van der Waals surface area (Å²) in [5.74, 6) is 0. The molecule has 54 valence electrons. The van der Waals surface area contributed by atoms with Gasteiger partial charge in [-0.2, -0.15) is 12.6 Å². The first-order valence-corrected chi connectivity index (χ1v) is 4.83. The number of hydrogen-bond donors (Lipinski definition) is 1. The molecule has 0 aromatic carbocycles. The van der Waals surface area contributed by atoms with Crippen molar-refractivity contribution in [2.75, 3.05) is 13.1 Å². The Morgan fingerprint density at radius 3 is 2.00 bits per heavy atom. The van der Waals surface area contributed by atoms with Crippen molar-refractivity contribution in [1.82, 2.24) is 4.90 Å². The SMILES string of the molecule is CCN(CC)C1SC1S. The molecule has 1 aliphatic rings. The van der Waals surface area contributed by atoms with E-state index in [1.807, 2.05) is 11.8 Å². The van der Waals surface area contributed by atoms with Crippen LogP contribution < -0.4 is 0 Å². The van der Waals surface area contributed by atoms with Crippen molar-refractivity contribution < 1.29 is 0 Å². The number of thiol groups is 1. The lowest BCUT2D eigenvalue weighted by molar-refractivity contribution is 0.314. The fraction of sp³-hybridized carbons (Fsp3) is 1.00. The average Bonchev–Trinajstić information content (AvgIpc) is 2.51. The van der Waals surface area contributed by atoms with Gasteiger partial charge in [0.15, 0.2) is 0 Å². The Morgan fingerprint density at radius 2 is 1.89 bits per heavy atom. The van der Waals surface area contributed by atoms with Crippen LogP contribution >= 0.6 is 24.4 Å². The lowest BCUT2D eigenvalue weighted by atomic mass is 10.5. The Kier molecular flexibility index (Phi) is 2.73. The van der Waals surface area contributed by atoms with Gasteiger partial charge in [0, 0.05) is 0 Å². The van der Waals surface area contributed by atoms with Crippen LogP contribution in [-0.2, 0) is 0 Å². The molecule has 0 aliphatic carbocycles. The van der Waals surface area contributed by atoms with Gasteiger partial charge in [-0.1, -0.05) is 13.8 Å². The molecule has 0 spiro atoms. The molecular weight excluding hydrogens is 150 g/mol. The van der Waals surface area contributed by atoms with Crippen LogP contribution in [0.1, 0.15) is 13.8 Å². The van der Waals surface area contributed by atoms with Gasteiger partial charge in [-0.15, -0.1) is 11.8 Å². The molecule has 1 fully saturated rings. The van der Waals surface area contributed by atoms with Gasteiger partial charge in [-0.3, -0.25) is 4.90 Å². The predicted octanol–water partition coefficient (Wildman–Crippen LogP) is 1.66. The van der Waals surface area contributed by atoms with E-state index in [2.05, 4.69) is 31.4 Å². The van der Waals surface area contributed by atoms with Gasteiger partial charge in [0.25, 0.3) is 0 Å². The molecule has 0 radical (unpaired) electrons. The van der Waals surface area contributed by atoms with Crippen molar-refractivity contribution in [2.45, 2.75) is 23.8 Å². The lowest BCUT2D eigenvalue weighted by Crippen LogP contribution is -2.26. The van der Waals surface area contributed by atoms with E-state index in [9.17, 15) is 0 Å². The van der Waals surface area contributed by atoms with Crippen molar-refractivity contribution in [3.8, 4) is 0 Å². The predicted molar refractivity (Wildman–Crippen MR) is 47.1 cm³/mol. The van der Waals surface area contributed by atoms with Crippen LogP contribution in [-0.4, -0.2) is 27.9 Å².